The summed E-state index contributed by atoms with van der Waals surface area (Å²) < 4.78 is 7.01. The fraction of sp³-hybridized carbons (Fsp3) is 0.273. The minimum Gasteiger partial charge on any atom is -0.481 e. The molecule has 0 aromatic carbocycles. The van der Waals surface area contributed by atoms with E-state index in [1.54, 1.807) is 13.4 Å². The van der Waals surface area contributed by atoms with E-state index in [1.807, 2.05) is 29.0 Å². The van der Waals surface area contributed by atoms with Gasteiger partial charge in [0.25, 0.3) is 0 Å². The summed E-state index contributed by atoms with van der Waals surface area (Å²) in [7, 11) is 1.61. The van der Waals surface area contributed by atoms with E-state index in [2.05, 4.69) is 9.97 Å². The van der Waals surface area contributed by atoms with Crippen LogP contribution >= 0.6 is 11.6 Å². The minimum atomic E-state index is 0.429. The van der Waals surface area contributed by atoms with Crippen molar-refractivity contribution < 1.29 is 4.74 Å². The van der Waals surface area contributed by atoms with Crippen molar-refractivity contribution in [2.45, 2.75) is 12.4 Å². The number of imidazole rings is 1. The highest BCUT2D eigenvalue weighted by atomic mass is 35.5. The van der Waals surface area contributed by atoms with Gasteiger partial charge in [0.2, 0.25) is 5.88 Å². The third-order valence-electron chi connectivity index (χ3n) is 2.16. The van der Waals surface area contributed by atoms with Gasteiger partial charge < -0.3 is 9.30 Å². The molecule has 0 unspecified atom stereocenters. The van der Waals surface area contributed by atoms with Crippen LogP contribution in [0.25, 0.3) is 0 Å². The second-order valence-corrected chi connectivity index (χ2v) is 3.61. The molecule has 84 valence electrons. The quantitative estimate of drug-likeness (QED) is 0.765. The lowest BCUT2D eigenvalue weighted by molar-refractivity contribution is 0.396. The lowest BCUT2D eigenvalue weighted by Crippen LogP contribution is -2.00. The van der Waals surface area contributed by atoms with Gasteiger partial charge in [0, 0.05) is 12.3 Å². The fourth-order valence-electron chi connectivity index (χ4n) is 1.41. The molecule has 0 atom stereocenters. The zero-order chi connectivity index (χ0) is 11.4. The molecule has 4 nitrogen and oxygen atoms in total. The smallest absolute Gasteiger partial charge is 0.213 e. The zero-order valence-electron chi connectivity index (χ0n) is 8.93. The second kappa shape index (κ2) is 4.99. The number of methoxy groups -OCH3 is 1. The second-order valence-electron chi connectivity index (χ2n) is 3.34. The maximum atomic E-state index is 5.68. The van der Waals surface area contributed by atoms with E-state index in [0.29, 0.717) is 18.3 Å². The van der Waals surface area contributed by atoms with Gasteiger partial charge in [-0.1, -0.05) is 6.07 Å². The van der Waals surface area contributed by atoms with Crippen molar-refractivity contribution in [3.8, 4) is 5.88 Å². The maximum absolute atomic E-state index is 5.68. The monoisotopic (exact) mass is 237 g/mol. The molecule has 0 saturated heterocycles. The lowest BCUT2D eigenvalue weighted by atomic mass is 10.3. The van der Waals surface area contributed by atoms with E-state index >= 15 is 0 Å². The molecule has 0 saturated carbocycles. The summed E-state index contributed by atoms with van der Waals surface area (Å²) in [6, 6.07) is 5.69. The van der Waals surface area contributed by atoms with Crippen LogP contribution in [-0.4, -0.2) is 21.6 Å². The van der Waals surface area contributed by atoms with Crippen molar-refractivity contribution >= 4 is 11.6 Å². The largest absolute Gasteiger partial charge is 0.481 e. The molecule has 2 aromatic rings. The van der Waals surface area contributed by atoms with Crippen LogP contribution in [0, 0.1) is 0 Å². The van der Waals surface area contributed by atoms with E-state index in [-0.39, 0.29) is 0 Å². The van der Waals surface area contributed by atoms with Gasteiger partial charge in [-0.25, -0.2) is 9.97 Å². The third kappa shape index (κ3) is 2.52. The van der Waals surface area contributed by atoms with Crippen molar-refractivity contribution in [2.75, 3.05) is 7.11 Å². The molecule has 2 aromatic heterocycles. The molecule has 2 rings (SSSR count). The Morgan fingerprint density at radius 2 is 2.25 bits per heavy atom. The zero-order valence-corrected chi connectivity index (χ0v) is 9.68. The SMILES string of the molecule is COc1cccc(Cn2cnc(CCl)c2)n1. The Morgan fingerprint density at radius 1 is 1.38 bits per heavy atom. The van der Waals surface area contributed by atoms with Crippen LogP contribution in [0.5, 0.6) is 5.88 Å². The first-order valence-electron chi connectivity index (χ1n) is 4.88. The van der Waals surface area contributed by atoms with Gasteiger partial charge in [0.1, 0.15) is 0 Å². The van der Waals surface area contributed by atoms with Gasteiger partial charge in [-0.2, -0.15) is 0 Å². The van der Waals surface area contributed by atoms with Crippen molar-refractivity contribution in [3.63, 3.8) is 0 Å². The summed E-state index contributed by atoms with van der Waals surface area (Å²) in [6.45, 7) is 0.668. The summed E-state index contributed by atoms with van der Waals surface area (Å²) in [4.78, 5) is 8.46. The number of pyridine rings is 1. The third-order valence-corrected chi connectivity index (χ3v) is 2.43. The molecule has 0 aliphatic rings. The van der Waals surface area contributed by atoms with Crippen molar-refractivity contribution in [3.05, 3.63) is 42.1 Å². The van der Waals surface area contributed by atoms with E-state index in [4.69, 9.17) is 16.3 Å². The lowest BCUT2D eigenvalue weighted by Gasteiger charge is -2.03. The van der Waals surface area contributed by atoms with Gasteiger partial charge in [0.15, 0.2) is 0 Å². The number of hydrogen-bond acceptors (Lipinski definition) is 3. The fourth-order valence-corrected chi connectivity index (χ4v) is 1.55. The average molecular weight is 238 g/mol. The van der Waals surface area contributed by atoms with Crippen molar-refractivity contribution in [1.29, 1.82) is 0 Å². The highest BCUT2D eigenvalue weighted by Gasteiger charge is 2.01. The summed E-state index contributed by atoms with van der Waals surface area (Å²) in [6.07, 6.45) is 3.66. The van der Waals surface area contributed by atoms with Crippen LogP contribution in [0.1, 0.15) is 11.4 Å². The van der Waals surface area contributed by atoms with Crippen LogP contribution in [-0.2, 0) is 12.4 Å². The molecule has 0 aliphatic carbocycles. The van der Waals surface area contributed by atoms with Crippen LogP contribution in [0.4, 0.5) is 0 Å². The standard InChI is InChI=1S/C11H12ClN3O/c1-16-11-4-2-3-9(14-11)6-15-7-10(5-12)13-8-15/h2-4,7-8H,5-6H2,1H3. The molecule has 0 aliphatic heterocycles. The molecular weight excluding hydrogens is 226 g/mol. The van der Waals surface area contributed by atoms with Crippen molar-refractivity contribution in [2.24, 2.45) is 0 Å². The molecule has 0 amide bonds. The van der Waals surface area contributed by atoms with E-state index in [0.717, 1.165) is 11.4 Å². The van der Waals surface area contributed by atoms with Crippen LogP contribution in [0.3, 0.4) is 0 Å². The first-order valence-corrected chi connectivity index (χ1v) is 5.42. The van der Waals surface area contributed by atoms with Gasteiger partial charge in [0.05, 0.1) is 37.2 Å². The highest BCUT2D eigenvalue weighted by molar-refractivity contribution is 6.16. The van der Waals surface area contributed by atoms with Crippen molar-refractivity contribution in [1.82, 2.24) is 14.5 Å². The molecule has 5 heteroatoms. The summed E-state index contributed by atoms with van der Waals surface area (Å²) in [5.41, 5.74) is 1.79. The Hall–Kier alpha value is -1.55. The Balaban J connectivity index is 2.13. The minimum absolute atomic E-state index is 0.429. The highest BCUT2D eigenvalue weighted by Crippen LogP contribution is 2.08. The molecule has 0 bridgehead atoms. The molecule has 0 radical (unpaired) electrons. The molecular formula is C11H12ClN3O. The number of alkyl halides is 1. The van der Waals surface area contributed by atoms with Gasteiger partial charge in [-0.3, -0.25) is 0 Å². The molecule has 0 fully saturated rings. The maximum Gasteiger partial charge on any atom is 0.213 e. The van der Waals surface area contributed by atoms with E-state index in [1.165, 1.54) is 0 Å². The number of hydrogen-bond donors (Lipinski definition) is 0. The Bertz CT molecular complexity index is 470. The summed E-state index contributed by atoms with van der Waals surface area (Å²) >= 11 is 5.68. The molecule has 0 spiro atoms. The Kier molecular flexibility index (Phi) is 3.41. The predicted octanol–water partition coefficient (Wildman–Crippen LogP) is 2.07. The Morgan fingerprint density at radius 3 is 2.94 bits per heavy atom. The molecule has 2 heterocycles. The number of ether oxygens (including phenoxy) is 1. The van der Waals surface area contributed by atoms with E-state index < -0.39 is 0 Å². The average Bonchev–Trinajstić information content (AvgIpc) is 2.77. The predicted molar refractivity (Wildman–Crippen MR) is 61.7 cm³/mol. The topological polar surface area (TPSA) is 39.9 Å². The van der Waals surface area contributed by atoms with Gasteiger partial charge in [-0.15, -0.1) is 11.6 Å². The van der Waals surface area contributed by atoms with Gasteiger partial charge in [-0.05, 0) is 6.07 Å². The first kappa shape index (κ1) is 11.0. The normalized spacial score (nSPS) is 10.4. The summed E-state index contributed by atoms with van der Waals surface area (Å²) in [5.74, 6) is 1.05. The molecule has 16 heavy (non-hydrogen) atoms. The molecule has 0 N–H and O–H groups in total. The van der Waals surface area contributed by atoms with E-state index in [9.17, 15) is 0 Å². The van der Waals surface area contributed by atoms with Crippen LogP contribution < -0.4 is 4.74 Å². The number of aromatic nitrogens is 3. The van der Waals surface area contributed by atoms with Crippen LogP contribution in [0.2, 0.25) is 0 Å². The summed E-state index contributed by atoms with van der Waals surface area (Å²) in [5, 5.41) is 0. The van der Waals surface area contributed by atoms with Crippen LogP contribution in [0.15, 0.2) is 30.7 Å². The number of rotatable bonds is 4. The number of halogens is 1. The first-order chi connectivity index (χ1) is 7.81. The van der Waals surface area contributed by atoms with Gasteiger partial charge >= 0.3 is 0 Å². The number of nitrogens with zero attached hydrogens (tertiary/aromatic N) is 3. The Labute approximate surface area is 98.9 Å².